The SMILES string of the molecule is Cc1ccc(C2(O)CC2)cc1O. The number of hydrogen-bond acceptors (Lipinski definition) is 2. The Morgan fingerprint density at radius 2 is 2.00 bits per heavy atom. The van der Waals surface area contributed by atoms with Crippen molar-refractivity contribution in [2.75, 3.05) is 0 Å². The molecule has 2 N–H and O–H groups in total. The van der Waals surface area contributed by atoms with Crippen molar-refractivity contribution in [1.82, 2.24) is 0 Å². The third kappa shape index (κ3) is 1.08. The smallest absolute Gasteiger partial charge is 0.118 e. The summed E-state index contributed by atoms with van der Waals surface area (Å²) in [5.41, 5.74) is 1.05. The van der Waals surface area contributed by atoms with Crippen LogP contribution >= 0.6 is 0 Å². The Balaban J connectivity index is 2.41. The first-order valence-electron chi connectivity index (χ1n) is 4.14. The highest BCUT2D eigenvalue weighted by atomic mass is 16.3. The minimum atomic E-state index is -0.634. The first kappa shape index (κ1) is 7.62. The van der Waals surface area contributed by atoms with Crippen LogP contribution < -0.4 is 0 Å². The third-order valence-corrected chi connectivity index (χ3v) is 2.47. The van der Waals surface area contributed by atoms with Crippen LogP contribution in [-0.4, -0.2) is 10.2 Å². The second-order valence-electron chi connectivity index (χ2n) is 3.53. The van der Waals surface area contributed by atoms with E-state index < -0.39 is 5.60 Å². The zero-order valence-corrected chi connectivity index (χ0v) is 7.04. The predicted molar refractivity (Wildman–Crippen MR) is 46.0 cm³/mol. The Labute approximate surface area is 71.5 Å². The zero-order valence-electron chi connectivity index (χ0n) is 7.04. The van der Waals surface area contributed by atoms with Crippen molar-refractivity contribution in [1.29, 1.82) is 0 Å². The molecule has 1 saturated carbocycles. The molecule has 2 nitrogen and oxygen atoms in total. The lowest BCUT2D eigenvalue weighted by atomic mass is 10.1. The molecule has 1 fully saturated rings. The third-order valence-electron chi connectivity index (χ3n) is 2.47. The number of aryl methyl sites for hydroxylation is 1. The van der Waals surface area contributed by atoms with Gasteiger partial charge in [-0.2, -0.15) is 0 Å². The van der Waals surface area contributed by atoms with Crippen LogP contribution in [0.5, 0.6) is 5.75 Å². The number of phenols is 1. The van der Waals surface area contributed by atoms with E-state index in [1.165, 1.54) is 0 Å². The first-order chi connectivity index (χ1) is 5.62. The van der Waals surface area contributed by atoms with E-state index in [9.17, 15) is 10.2 Å². The molecule has 0 heterocycles. The van der Waals surface area contributed by atoms with Crippen LogP contribution in [0.3, 0.4) is 0 Å². The number of phenolic OH excluding ortho intramolecular Hbond substituents is 1. The fourth-order valence-electron chi connectivity index (χ4n) is 1.31. The van der Waals surface area contributed by atoms with Crippen molar-refractivity contribution in [3.8, 4) is 5.75 Å². The molecule has 0 amide bonds. The van der Waals surface area contributed by atoms with Gasteiger partial charge in [0.25, 0.3) is 0 Å². The summed E-state index contributed by atoms with van der Waals surface area (Å²) in [6.07, 6.45) is 1.63. The van der Waals surface area contributed by atoms with Gasteiger partial charge in [0.15, 0.2) is 0 Å². The van der Waals surface area contributed by atoms with Crippen molar-refractivity contribution < 1.29 is 10.2 Å². The predicted octanol–water partition coefficient (Wildman–Crippen LogP) is 1.68. The Morgan fingerprint density at radius 3 is 2.50 bits per heavy atom. The Kier molecular flexibility index (Phi) is 1.42. The zero-order chi connectivity index (χ0) is 8.77. The topological polar surface area (TPSA) is 40.5 Å². The maximum Gasteiger partial charge on any atom is 0.118 e. The van der Waals surface area contributed by atoms with Crippen molar-refractivity contribution >= 4 is 0 Å². The van der Waals surface area contributed by atoms with Gasteiger partial charge in [-0.15, -0.1) is 0 Å². The molecule has 0 radical (unpaired) electrons. The number of rotatable bonds is 1. The van der Waals surface area contributed by atoms with E-state index in [0.717, 1.165) is 24.0 Å². The molecule has 2 heteroatoms. The minimum absolute atomic E-state index is 0.271. The summed E-state index contributed by atoms with van der Waals surface area (Å²) in [5.74, 6) is 0.271. The van der Waals surface area contributed by atoms with E-state index in [-0.39, 0.29) is 5.75 Å². The summed E-state index contributed by atoms with van der Waals surface area (Å²) in [4.78, 5) is 0. The molecule has 12 heavy (non-hydrogen) atoms. The van der Waals surface area contributed by atoms with Gasteiger partial charge in [0, 0.05) is 0 Å². The van der Waals surface area contributed by atoms with Crippen molar-refractivity contribution in [3.63, 3.8) is 0 Å². The molecule has 0 atom stereocenters. The molecule has 0 aromatic heterocycles. The van der Waals surface area contributed by atoms with Crippen molar-refractivity contribution in [2.24, 2.45) is 0 Å². The summed E-state index contributed by atoms with van der Waals surface area (Å²) in [6.45, 7) is 1.84. The fourth-order valence-corrected chi connectivity index (χ4v) is 1.31. The molecule has 2 rings (SSSR count). The Hall–Kier alpha value is -1.02. The van der Waals surface area contributed by atoms with Crippen LogP contribution in [0.15, 0.2) is 18.2 Å². The van der Waals surface area contributed by atoms with Crippen molar-refractivity contribution in [2.45, 2.75) is 25.4 Å². The maximum absolute atomic E-state index is 9.70. The monoisotopic (exact) mass is 164 g/mol. The molecule has 0 unspecified atom stereocenters. The highest BCUT2D eigenvalue weighted by Crippen LogP contribution is 2.46. The van der Waals surface area contributed by atoms with Gasteiger partial charge in [-0.1, -0.05) is 12.1 Å². The summed E-state index contributed by atoms with van der Waals surface area (Å²) >= 11 is 0. The van der Waals surface area contributed by atoms with E-state index in [2.05, 4.69) is 0 Å². The highest BCUT2D eigenvalue weighted by Gasteiger charge is 2.42. The summed E-state index contributed by atoms with van der Waals surface area (Å²) in [6, 6.07) is 5.37. The van der Waals surface area contributed by atoms with Crippen LogP contribution in [-0.2, 0) is 5.60 Å². The van der Waals surface area contributed by atoms with Crippen LogP contribution in [0.4, 0.5) is 0 Å². The molecule has 0 bridgehead atoms. The standard InChI is InChI=1S/C10H12O2/c1-7-2-3-8(6-9(7)11)10(12)4-5-10/h2-3,6,11-12H,4-5H2,1H3. The summed E-state index contributed by atoms with van der Waals surface area (Å²) in [5, 5.41) is 19.1. The average molecular weight is 164 g/mol. The molecule has 0 aliphatic heterocycles. The Bertz CT molecular complexity index is 314. The number of benzene rings is 1. The van der Waals surface area contributed by atoms with Crippen molar-refractivity contribution in [3.05, 3.63) is 29.3 Å². The lowest BCUT2D eigenvalue weighted by molar-refractivity contribution is 0.151. The van der Waals surface area contributed by atoms with Crippen LogP contribution in [0.2, 0.25) is 0 Å². The molecule has 0 saturated heterocycles. The van der Waals surface area contributed by atoms with Gasteiger partial charge in [-0.05, 0) is 37.0 Å². The van der Waals surface area contributed by atoms with Gasteiger partial charge >= 0.3 is 0 Å². The minimum Gasteiger partial charge on any atom is -0.508 e. The summed E-state index contributed by atoms with van der Waals surface area (Å²) < 4.78 is 0. The number of hydrogen-bond donors (Lipinski definition) is 2. The first-order valence-corrected chi connectivity index (χ1v) is 4.14. The van der Waals surface area contributed by atoms with Crippen LogP contribution in [0, 0.1) is 6.92 Å². The molecule has 1 aliphatic rings. The van der Waals surface area contributed by atoms with E-state index >= 15 is 0 Å². The maximum atomic E-state index is 9.70. The molecule has 64 valence electrons. The molecule has 0 spiro atoms. The van der Waals surface area contributed by atoms with Gasteiger partial charge in [-0.25, -0.2) is 0 Å². The van der Waals surface area contributed by atoms with Gasteiger partial charge < -0.3 is 10.2 Å². The van der Waals surface area contributed by atoms with E-state index in [1.807, 2.05) is 19.1 Å². The quantitative estimate of drug-likeness (QED) is 0.663. The van der Waals surface area contributed by atoms with Gasteiger partial charge in [0.1, 0.15) is 5.75 Å². The van der Waals surface area contributed by atoms with Gasteiger partial charge in [0.2, 0.25) is 0 Å². The molecular formula is C10H12O2. The lowest BCUT2D eigenvalue weighted by Gasteiger charge is -2.08. The number of aliphatic hydroxyl groups is 1. The molecular weight excluding hydrogens is 152 g/mol. The van der Waals surface area contributed by atoms with E-state index in [4.69, 9.17) is 0 Å². The fraction of sp³-hybridized carbons (Fsp3) is 0.400. The van der Waals surface area contributed by atoms with Gasteiger partial charge in [0.05, 0.1) is 5.60 Å². The molecule has 1 aromatic carbocycles. The molecule has 1 aliphatic carbocycles. The largest absolute Gasteiger partial charge is 0.508 e. The Morgan fingerprint density at radius 1 is 1.33 bits per heavy atom. The second-order valence-corrected chi connectivity index (χ2v) is 3.53. The van der Waals surface area contributed by atoms with E-state index in [0.29, 0.717) is 0 Å². The highest BCUT2D eigenvalue weighted by molar-refractivity contribution is 5.39. The van der Waals surface area contributed by atoms with Gasteiger partial charge in [-0.3, -0.25) is 0 Å². The van der Waals surface area contributed by atoms with E-state index in [1.54, 1.807) is 6.07 Å². The number of aromatic hydroxyl groups is 1. The normalized spacial score (nSPS) is 19.2. The van der Waals surface area contributed by atoms with Crippen LogP contribution in [0.25, 0.3) is 0 Å². The summed E-state index contributed by atoms with van der Waals surface area (Å²) in [7, 11) is 0. The van der Waals surface area contributed by atoms with Crippen LogP contribution in [0.1, 0.15) is 24.0 Å². The molecule has 1 aromatic rings. The lowest BCUT2D eigenvalue weighted by Crippen LogP contribution is -2.03. The second kappa shape index (κ2) is 2.23. The average Bonchev–Trinajstić information content (AvgIpc) is 2.75.